The van der Waals surface area contributed by atoms with E-state index in [0.29, 0.717) is 18.3 Å². The molecule has 1 aromatic rings. The van der Waals surface area contributed by atoms with Gasteiger partial charge in [0.25, 0.3) is 5.91 Å². The second kappa shape index (κ2) is 9.04. The number of hydrazine groups is 1. The van der Waals surface area contributed by atoms with Gasteiger partial charge in [-0.1, -0.05) is 58.1 Å². The molecule has 5 N–H and O–H groups in total. The number of carbonyl (C=O) groups excluding carboxylic acids is 1. The van der Waals surface area contributed by atoms with Crippen LogP contribution < -0.4 is 16.6 Å². The van der Waals surface area contributed by atoms with Crippen molar-refractivity contribution in [1.29, 1.82) is 0 Å². The van der Waals surface area contributed by atoms with Crippen molar-refractivity contribution in [3.8, 4) is 0 Å². The van der Waals surface area contributed by atoms with Crippen LogP contribution in [-0.4, -0.2) is 23.2 Å². The average molecular weight is 333 g/mol. The highest BCUT2D eigenvalue weighted by molar-refractivity contribution is 5.82. The van der Waals surface area contributed by atoms with Crippen molar-refractivity contribution in [2.75, 3.05) is 5.43 Å². The Hall–Kier alpha value is -1.59. The maximum atomic E-state index is 12.1. The van der Waals surface area contributed by atoms with Gasteiger partial charge in [0.05, 0.1) is 5.69 Å². The SMILES string of the molecule is CC(C)c1ccc(NNC(=O)C(O)[C@H](N)CC2CCCCC2)cc1. The van der Waals surface area contributed by atoms with Crippen LogP contribution >= 0.6 is 0 Å². The number of hydrogen-bond acceptors (Lipinski definition) is 4. The van der Waals surface area contributed by atoms with Crippen LogP contribution in [0.25, 0.3) is 0 Å². The minimum Gasteiger partial charge on any atom is -0.382 e. The first-order valence-corrected chi connectivity index (χ1v) is 9.07. The zero-order chi connectivity index (χ0) is 17.5. The fourth-order valence-corrected chi connectivity index (χ4v) is 3.29. The number of aliphatic hydroxyl groups excluding tert-OH is 1. The molecule has 1 saturated carbocycles. The Morgan fingerprint density at radius 1 is 1.21 bits per heavy atom. The van der Waals surface area contributed by atoms with Crippen molar-refractivity contribution in [2.24, 2.45) is 11.7 Å². The van der Waals surface area contributed by atoms with E-state index in [1.54, 1.807) is 0 Å². The van der Waals surface area contributed by atoms with Crippen molar-refractivity contribution in [3.05, 3.63) is 29.8 Å². The lowest BCUT2D eigenvalue weighted by molar-refractivity contribution is -0.130. The average Bonchev–Trinajstić information content (AvgIpc) is 2.60. The highest BCUT2D eigenvalue weighted by Crippen LogP contribution is 2.27. The van der Waals surface area contributed by atoms with Gasteiger partial charge in [0.1, 0.15) is 6.10 Å². The first-order valence-electron chi connectivity index (χ1n) is 9.07. The summed E-state index contributed by atoms with van der Waals surface area (Å²) in [5.41, 5.74) is 13.4. The van der Waals surface area contributed by atoms with E-state index in [-0.39, 0.29) is 0 Å². The summed E-state index contributed by atoms with van der Waals surface area (Å²) in [6.45, 7) is 4.27. The molecule has 0 saturated heterocycles. The van der Waals surface area contributed by atoms with Crippen LogP contribution in [0.4, 0.5) is 5.69 Å². The summed E-state index contributed by atoms with van der Waals surface area (Å²) in [5, 5.41) is 10.1. The summed E-state index contributed by atoms with van der Waals surface area (Å²) in [5.74, 6) is 0.521. The Kier molecular flexibility index (Phi) is 7.06. The predicted molar refractivity (Wildman–Crippen MR) is 97.5 cm³/mol. The molecule has 24 heavy (non-hydrogen) atoms. The molecule has 0 aromatic heterocycles. The van der Waals surface area contributed by atoms with Gasteiger partial charge in [-0.05, 0) is 36.0 Å². The van der Waals surface area contributed by atoms with Gasteiger partial charge in [0.2, 0.25) is 0 Å². The third-order valence-electron chi connectivity index (χ3n) is 4.91. The first kappa shape index (κ1) is 18.7. The summed E-state index contributed by atoms with van der Waals surface area (Å²) in [6.07, 6.45) is 5.58. The summed E-state index contributed by atoms with van der Waals surface area (Å²) < 4.78 is 0. The van der Waals surface area contributed by atoms with E-state index in [1.807, 2.05) is 24.3 Å². The quantitative estimate of drug-likeness (QED) is 0.578. The number of aliphatic hydroxyl groups is 1. The van der Waals surface area contributed by atoms with Crippen molar-refractivity contribution in [3.63, 3.8) is 0 Å². The summed E-state index contributed by atoms with van der Waals surface area (Å²) in [6, 6.07) is 7.33. The summed E-state index contributed by atoms with van der Waals surface area (Å²) in [4.78, 5) is 12.1. The molecule has 2 rings (SSSR count). The Balaban J connectivity index is 1.77. The normalized spacial score (nSPS) is 18.2. The van der Waals surface area contributed by atoms with E-state index in [1.165, 1.54) is 24.8 Å². The number of nitrogens with two attached hydrogens (primary N) is 1. The molecule has 0 spiro atoms. The number of hydrogen-bond donors (Lipinski definition) is 4. The molecular weight excluding hydrogens is 302 g/mol. The van der Waals surface area contributed by atoms with Gasteiger partial charge in [-0.25, -0.2) is 0 Å². The van der Waals surface area contributed by atoms with Gasteiger partial charge in [-0.2, -0.15) is 0 Å². The van der Waals surface area contributed by atoms with E-state index >= 15 is 0 Å². The highest BCUT2D eigenvalue weighted by Gasteiger charge is 2.26. The third kappa shape index (κ3) is 5.49. The van der Waals surface area contributed by atoms with Gasteiger partial charge in [0.15, 0.2) is 0 Å². The molecule has 0 bridgehead atoms. The minimum absolute atomic E-state index is 0.466. The molecule has 1 aliphatic rings. The van der Waals surface area contributed by atoms with Crippen LogP contribution in [0.5, 0.6) is 0 Å². The highest BCUT2D eigenvalue weighted by atomic mass is 16.3. The molecule has 134 valence electrons. The Bertz CT molecular complexity index is 510. The van der Waals surface area contributed by atoms with E-state index < -0.39 is 18.1 Å². The topological polar surface area (TPSA) is 87.4 Å². The molecule has 0 aliphatic heterocycles. The number of carbonyl (C=O) groups is 1. The molecule has 5 nitrogen and oxygen atoms in total. The number of benzene rings is 1. The number of anilines is 1. The van der Waals surface area contributed by atoms with Gasteiger partial charge in [0, 0.05) is 6.04 Å². The van der Waals surface area contributed by atoms with Gasteiger partial charge in [-0.15, -0.1) is 0 Å². The zero-order valence-corrected chi connectivity index (χ0v) is 14.8. The van der Waals surface area contributed by atoms with Crippen LogP contribution in [0.3, 0.4) is 0 Å². The van der Waals surface area contributed by atoms with Crippen LogP contribution in [0.15, 0.2) is 24.3 Å². The summed E-state index contributed by atoms with van der Waals surface area (Å²) in [7, 11) is 0. The van der Waals surface area contributed by atoms with E-state index in [4.69, 9.17) is 5.73 Å². The standard InChI is InChI=1S/C19H31N3O2/c1-13(2)15-8-10-16(11-9-15)21-22-19(24)18(23)17(20)12-14-6-4-3-5-7-14/h8-11,13-14,17-18,21,23H,3-7,12,20H2,1-2H3,(H,22,24)/t17-,18?/m1/s1. The number of amides is 1. The molecule has 2 atom stereocenters. The van der Waals surface area contributed by atoms with Crippen LogP contribution in [0.1, 0.15) is 63.9 Å². The first-order chi connectivity index (χ1) is 11.5. The molecule has 1 amide bonds. The second-order valence-electron chi connectivity index (χ2n) is 7.24. The van der Waals surface area contributed by atoms with Crippen LogP contribution in [0, 0.1) is 5.92 Å². The van der Waals surface area contributed by atoms with Crippen LogP contribution in [0.2, 0.25) is 0 Å². The van der Waals surface area contributed by atoms with E-state index in [9.17, 15) is 9.90 Å². The molecular formula is C19H31N3O2. The number of rotatable bonds is 7. The second-order valence-corrected chi connectivity index (χ2v) is 7.24. The lowest BCUT2D eigenvalue weighted by Gasteiger charge is -2.26. The molecule has 0 heterocycles. The lowest BCUT2D eigenvalue weighted by atomic mass is 9.84. The van der Waals surface area contributed by atoms with Gasteiger partial charge < -0.3 is 10.8 Å². The van der Waals surface area contributed by atoms with Gasteiger partial charge in [-0.3, -0.25) is 15.6 Å². The Morgan fingerprint density at radius 3 is 2.42 bits per heavy atom. The molecule has 1 aromatic carbocycles. The molecule has 5 heteroatoms. The third-order valence-corrected chi connectivity index (χ3v) is 4.91. The molecule has 1 fully saturated rings. The smallest absolute Gasteiger partial charge is 0.268 e. The fourth-order valence-electron chi connectivity index (χ4n) is 3.29. The zero-order valence-electron chi connectivity index (χ0n) is 14.8. The lowest BCUT2D eigenvalue weighted by Crippen LogP contribution is -2.48. The molecule has 1 aliphatic carbocycles. The minimum atomic E-state index is -1.19. The van der Waals surface area contributed by atoms with Crippen molar-refractivity contribution < 1.29 is 9.90 Å². The van der Waals surface area contributed by atoms with Gasteiger partial charge >= 0.3 is 0 Å². The monoisotopic (exact) mass is 333 g/mol. The van der Waals surface area contributed by atoms with E-state index in [2.05, 4.69) is 24.7 Å². The van der Waals surface area contributed by atoms with Crippen molar-refractivity contribution >= 4 is 11.6 Å². The molecule has 0 radical (unpaired) electrons. The predicted octanol–water partition coefficient (Wildman–Crippen LogP) is 2.91. The number of nitrogens with one attached hydrogen (secondary N) is 2. The van der Waals surface area contributed by atoms with Crippen molar-refractivity contribution in [1.82, 2.24) is 5.43 Å². The maximum Gasteiger partial charge on any atom is 0.268 e. The van der Waals surface area contributed by atoms with E-state index in [0.717, 1.165) is 18.5 Å². The Labute approximate surface area is 145 Å². The van der Waals surface area contributed by atoms with Crippen LogP contribution in [-0.2, 0) is 4.79 Å². The maximum absolute atomic E-state index is 12.1. The largest absolute Gasteiger partial charge is 0.382 e. The fraction of sp³-hybridized carbons (Fsp3) is 0.632. The Morgan fingerprint density at radius 2 is 1.83 bits per heavy atom. The molecule has 1 unspecified atom stereocenters. The van der Waals surface area contributed by atoms with Crippen molar-refractivity contribution in [2.45, 2.75) is 70.4 Å². The summed E-state index contributed by atoms with van der Waals surface area (Å²) >= 11 is 0.